The molecule has 2 atom stereocenters. The molecular formula is C22H19ClN2O3. The van der Waals surface area contributed by atoms with Crippen LogP contribution in [-0.2, 0) is 20.8 Å². The molecular weight excluding hydrogens is 376 g/mol. The molecule has 1 aliphatic heterocycles. The van der Waals surface area contributed by atoms with Gasteiger partial charge in [0, 0.05) is 28.7 Å². The van der Waals surface area contributed by atoms with E-state index < -0.39 is 23.7 Å². The Labute approximate surface area is 167 Å². The first-order valence-electron chi connectivity index (χ1n) is 9.13. The zero-order valence-electron chi connectivity index (χ0n) is 15.3. The monoisotopic (exact) mass is 394 g/mol. The van der Waals surface area contributed by atoms with Crippen molar-refractivity contribution >= 4 is 40.0 Å². The number of carbonyl (C=O) groups is 3. The molecule has 0 radical (unpaired) electrons. The van der Waals surface area contributed by atoms with Crippen molar-refractivity contribution in [1.29, 1.82) is 0 Å². The van der Waals surface area contributed by atoms with Crippen molar-refractivity contribution < 1.29 is 14.4 Å². The molecule has 1 amide bonds. The van der Waals surface area contributed by atoms with E-state index >= 15 is 0 Å². The number of rotatable bonds is 5. The molecule has 2 aromatic carbocycles. The molecule has 2 heterocycles. The summed E-state index contributed by atoms with van der Waals surface area (Å²) in [5.41, 5.74) is 2.70. The van der Waals surface area contributed by atoms with Gasteiger partial charge in [-0.2, -0.15) is 0 Å². The van der Waals surface area contributed by atoms with Crippen molar-refractivity contribution in [2.24, 2.45) is 5.92 Å². The molecule has 0 aliphatic carbocycles. The molecule has 1 saturated heterocycles. The van der Waals surface area contributed by atoms with Crippen molar-refractivity contribution in [3.63, 3.8) is 0 Å². The van der Waals surface area contributed by atoms with Gasteiger partial charge in [0.25, 0.3) is 5.91 Å². The summed E-state index contributed by atoms with van der Waals surface area (Å²) >= 11 is 6.35. The molecule has 1 aromatic heterocycles. The number of nitrogens with one attached hydrogen (secondary N) is 1. The number of halogens is 1. The number of para-hydroxylation sites is 1. The molecule has 4 rings (SSSR count). The minimum Gasteiger partial charge on any atom is -0.361 e. The number of ketones is 2. The van der Waals surface area contributed by atoms with E-state index in [0.29, 0.717) is 23.6 Å². The summed E-state index contributed by atoms with van der Waals surface area (Å²) in [4.78, 5) is 42.2. The maximum absolute atomic E-state index is 12.7. The van der Waals surface area contributed by atoms with Gasteiger partial charge >= 0.3 is 0 Å². The van der Waals surface area contributed by atoms with E-state index in [1.165, 1.54) is 11.8 Å². The minimum atomic E-state index is -1.02. The van der Waals surface area contributed by atoms with Crippen molar-refractivity contribution in [3.05, 3.63) is 70.9 Å². The maximum atomic E-state index is 12.7. The van der Waals surface area contributed by atoms with Gasteiger partial charge in [0.2, 0.25) is 5.78 Å². The molecule has 5 nitrogen and oxygen atoms in total. The molecule has 2 unspecified atom stereocenters. The average molecular weight is 395 g/mol. The third-order valence-electron chi connectivity index (χ3n) is 5.36. The highest BCUT2D eigenvalue weighted by atomic mass is 35.5. The molecule has 0 saturated carbocycles. The Bertz CT molecular complexity index is 1090. The van der Waals surface area contributed by atoms with Crippen LogP contribution in [0.15, 0.2) is 54.7 Å². The smallest absolute Gasteiger partial charge is 0.291 e. The van der Waals surface area contributed by atoms with E-state index in [9.17, 15) is 14.4 Å². The van der Waals surface area contributed by atoms with Crippen LogP contribution in [0, 0.1) is 5.92 Å². The summed E-state index contributed by atoms with van der Waals surface area (Å²) in [6.45, 7) is 1.68. The number of nitrogens with zero attached hydrogens (tertiary/aromatic N) is 1. The molecule has 6 heteroatoms. The van der Waals surface area contributed by atoms with E-state index in [4.69, 9.17) is 11.6 Å². The van der Waals surface area contributed by atoms with Gasteiger partial charge in [-0.3, -0.25) is 14.4 Å². The molecule has 0 bridgehead atoms. The van der Waals surface area contributed by atoms with Crippen LogP contribution < -0.4 is 0 Å². The van der Waals surface area contributed by atoms with Crippen LogP contribution in [0.1, 0.15) is 24.1 Å². The fourth-order valence-electron chi connectivity index (χ4n) is 4.01. The minimum absolute atomic E-state index is 0.321. The van der Waals surface area contributed by atoms with Crippen LogP contribution in [0.2, 0.25) is 5.02 Å². The number of hydrogen-bond acceptors (Lipinski definition) is 3. The summed E-state index contributed by atoms with van der Waals surface area (Å²) in [6.07, 6.45) is 2.48. The van der Waals surface area contributed by atoms with Crippen molar-refractivity contribution in [2.75, 3.05) is 6.54 Å². The predicted molar refractivity (Wildman–Crippen MR) is 107 cm³/mol. The lowest BCUT2D eigenvalue weighted by Gasteiger charge is -2.27. The maximum Gasteiger partial charge on any atom is 0.291 e. The number of carbonyl (C=O) groups excluding carboxylic acids is 3. The number of Topliss-reactive ketones (excluding diaryl/α,β-unsaturated/α-hetero) is 2. The zero-order valence-corrected chi connectivity index (χ0v) is 16.1. The lowest BCUT2D eigenvalue weighted by Crippen LogP contribution is -2.32. The number of aromatic nitrogens is 1. The molecule has 142 valence electrons. The molecule has 1 aliphatic rings. The predicted octanol–water partition coefficient (Wildman–Crippen LogP) is 3.72. The first-order chi connectivity index (χ1) is 13.5. The molecule has 1 fully saturated rings. The summed E-state index contributed by atoms with van der Waals surface area (Å²) in [5.74, 6) is -2.62. The molecule has 1 N–H and O–H groups in total. The molecule has 28 heavy (non-hydrogen) atoms. The van der Waals surface area contributed by atoms with Gasteiger partial charge in [0.1, 0.15) is 11.7 Å². The third kappa shape index (κ3) is 3.02. The van der Waals surface area contributed by atoms with E-state index in [0.717, 1.165) is 16.5 Å². The van der Waals surface area contributed by atoms with Crippen molar-refractivity contribution in [1.82, 2.24) is 9.88 Å². The second kappa shape index (κ2) is 7.24. The summed E-state index contributed by atoms with van der Waals surface area (Å²) in [7, 11) is 0. The largest absolute Gasteiger partial charge is 0.361 e. The second-order valence-electron chi connectivity index (χ2n) is 7.03. The Balaban J connectivity index is 1.69. The second-order valence-corrected chi connectivity index (χ2v) is 7.43. The number of amides is 1. The molecule has 0 spiro atoms. The Kier molecular flexibility index (Phi) is 4.77. The normalized spacial score (nSPS) is 19.6. The lowest BCUT2D eigenvalue weighted by atomic mass is 9.90. The van der Waals surface area contributed by atoms with Gasteiger partial charge in [-0.1, -0.05) is 48.0 Å². The summed E-state index contributed by atoms with van der Waals surface area (Å²) < 4.78 is 0. The Morgan fingerprint density at radius 3 is 2.57 bits per heavy atom. The Morgan fingerprint density at radius 2 is 1.82 bits per heavy atom. The van der Waals surface area contributed by atoms with E-state index in [2.05, 4.69) is 4.98 Å². The fourth-order valence-corrected chi connectivity index (χ4v) is 4.26. The van der Waals surface area contributed by atoms with E-state index in [-0.39, 0.29) is 5.78 Å². The average Bonchev–Trinajstić information content (AvgIpc) is 3.20. The van der Waals surface area contributed by atoms with Gasteiger partial charge in [-0.15, -0.1) is 0 Å². The Morgan fingerprint density at radius 1 is 1.11 bits per heavy atom. The first kappa shape index (κ1) is 18.4. The standard InChI is InChI=1S/C22H19ClN2O3/c1-13(26)19-20(16-7-2-4-8-17(16)23)25(22(28)21(19)27)11-10-14-12-24-18-9-5-3-6-15(14)18/h2-9,12,19-20,24H,10-11H2,1H3. The number of aromatic amines is 1. The van der Waals surface area contributed by atoms with Crippen LogP contribution in [0.3, 0.4) is 0 Å². The van der Waals surface area contributed by atoms with Crippen LogP contribution in [0.25, 0.3) is 10.9 Å². The zero-order chi connectivity index (χ0) is 19.8. The quantitative estimate of drug-likeness (QED) is 0.529. The number of hydrogen-bond donors (Lipinski definition) is 1. The first-order valence-corrected chi connectivity index (χ1v) is 9.51. The van der Waals surface area contributed by atoms with Crippen LogP contribution >= 0.6 is 11.6 Å². The van der Waals surface area contributed by atoms with Crippen molar-refractivity contribution in [3.8, 4) is 0 Å². The summed E-state index contributed by atoms with van der Waals surface area (Å²) in [5, 5.41) is 1.52. The van der Waals surface area contributed by atoms with Gasteiger partial charge in [0.05, 0.1) is 6.04 Å². The summed E-state index contributed by atoms with van der Waals surface area (Å²) in [6, 6.07) is 14.3. The highest BCUT2D eigenvalue weighted by Crippen LogP contribution is 2.39. The number of likely N-dealkylation sites (tertiary alicyclic amines) is 1. The lowest BCUT2D eigenvalue weighted by molar-refractivity contribution is -0.142. The van der Waals surface area contributed by atoms with Gasteiger partial charge in [-0.25, -0.2) is 0 Å². The van der Waals surface area contributed by atoms with Gasteiger partial charge in [0.15, 0.2) is 0 Å². The highest BCUT2D eigenvalue weighted by molar-refractivity contribution is 6.43. The van der Waals surface area contributed by atoms with Crippen LogP contribution in [0.4, 0.5) is 0 Å². The number of H-pyrrole nitrogens is 1. The fraction of sp³-hybridized carbons (Fsp3) is 0.227. The SMILES string of the molecule is CC(=O)C1C(=O)C(=O)N(CCc2c[nH]c3ccccc23)C1c1ccccc1Cl. The van der Waals surface area contributed by atoms with Crippen LogP contribution in [-0.4, -0.2) is 33.9 Å². The van der Waals surface area contributed by atoms with Gasteiger partial charge in [-0.05, 0) is 36.6 Å². The van der Waals surface area contributed by atoms with Crippen LogP contribution in [0.5, 0.6) is 0 Å². The molecule has 3 aromatic rings. The van der Waals surface area contributed by atoms with E-state index in [1.54, 1.807) is 24.3 Å². The highest BCUT2D eigenvalue weighted by Gasteiger charge is 2.50. The third-order valence-corrected chi connectivity index (χ3v) is 5.71. The number of fused-ring (bicyclic) bond motifs is 1. The van der Waals surface area contributed by atoms with E-state index in [1.807, 2.05) is 30.5 Å². The topological polar surface area (TPSA) is 70.2 Å². The van der Waals surface area contributed by atoms with Crippen molar-refractivity contribution in [2.45, 2.75) is 19.4 Å². The Hall–Kier alpha value is -2.92. The van der Waals surface area contributed by atoms with Gasteiger partial charge < -0.3 is 9.88 Å². The number of benzene rings is 2.